The van der Waals surface area contributed by atoms with Gasteiger partial charge in [0.05, 0.1) is 23.9 Å². The van der Waals surface area contributed by atoms with E-state index in [0.717, 1.165) is 5.69 Å². The Hall–Kier alpha value is -1.43. The molecule has 4 unspecified atom stereocenters. The van der Waals surface area contributed by atoms with E-state index in [2.05, 4.69) is 10.7 Å². The predicted molar refractivity (Wildman–Crippen MR) is 67.6 cm³/mol. The van der Waals surface area contributed by atoms with E-state index in [1.54, 1.807) is 0 Å². The van der Waals surface area contributed by atoms with Crippen LogP contribution in [0, 0.1) is 5.92 Å². The van der Waals surface area contributed by atoms with Crippen LogP contribution in [0.1, 0.15) is 13.3 Å². The summed E-state index contributed by atoms with van der Waals surface area (Å²) in [4.78, 5) is 12.3. The zero-order valence-corrected chi connectivity index (χ0v) is 10.2. The number of anilines is 1. The summed E-state index contributed by atoms with van der Waals surface area (Å²) >= 11 is 0. The molecule has 1 aromatic carbocycles. The van der Waals surface area contributed by atoms with E-state index in [9.17, 15) is 9.90 Å². The first kappa shape index (κ1) is 11.6. The van der Waals surface area contributed by atoms with Crippen LogP contribution in [0.25, 0.3) is 0 Å². The van der Waals surface area contributed by atoms with Crippen LogP contribution in [0.5, 0.6) is 0 Å². The smallest absolute Gasteiger partial charge is 0.250 e. The lowest BCUT2D eigenvalue weighted by molar-refractivity contribution is -0.125. The molecule has 1 amide bonds. The number of hydrazine groups is 1. The largest absolute Gasteiger partial charge is 0.392 e. The van der Waals surface area contributed by atoms with Gasteiger partial charge in [-0.3, -0.25) is 10.1 Å². The van der Waals surface area contributed by atoms with Crippen molar-refractivity contribution in [3.63, 3.8) is 0 Å². The van der Waals surface area contributed by atoms with Crippen molar-refractivity contribution < 1.29 is 9.90 Å². The molecule has 2 fully saturated rings. The zero-order valence-electron chi connectivity index (χ0n) is 10.2. The van der Waals surface area contributed by atoms with Crippen molar-refractivity contribution in [3.05, 3.63) is 30.3 Å². The molecule has 4 atom stereocenters. The molecule has 0 saturated carbocycles. The number of fused-ring (bicyclic) bond motifs is 1. The Kier molecular flexibility index (Phi) is 2.81. The Morgan fingerprint density at radius 2 is 2.06 bits per heavy atom. The second-order valence-electron chi connectivity index (χ2n) is 5.01. The van der Waals surface area contributed by atoms with Gasteiger partial charge in [-0.05, 0) is 25.5 Å². The molecule has 3 rings (SSSR count). The van der Waals surface area contributed by atoms with Gasteiger partial charge in [0.15, 0.2) is 0 Å². The predicted octanol–water partition coefficient (Wildman–Crippen LogP) is 0.223. The van der Waals surface area contributed by atoms with Crippen LogP contribution in [0.2, 0.25) is 0 Å². The van der Waals surface area contributed by atoms with Crippen molar-refractivity contribution in [3.8, 4) is 0 Å². The zero-order chi connectivity index (χ0) is 12.7. The van der Waals surface area contributed by atoms with Crippen LogP contribution in [0.3, 0.4) is 0 Å². The lowest BCUT2D eigenvalue weighted by Crippen LogP contribution is -2.56. The molecule has 0 spiro atoms. The maximum atomic E-state index is 12.3. The number of rotatable bonds is 1. The molecule has 2 aliphatic rings. The molecule has 18 heavy (non-hydrogen) atoms. The number of carbonyl (C=O) groups excluding carboxylic acids is 1. The first-order valence-electron chi connectivity index (χ1n) is 6.26. The molecule has 5 nitrogen and oxygen atoms in total. The van der Waals surface area contributed by atoms with Crippen LogP contribution in [0.4, 0.5) is 5.69 Å². The topological polar surface area (TPSA) is 64.6 Å². The normalized spacial score (nSPS) is 35.7. The van der Waals surface area contributed by atoms with Gasteiger partial charge in [0.25, 0.3) is 0 Å². The number of aliphatic hydroxyl groups is 1. The summed E-state index contributed by atoms with van der Waals surface area (Å²) in [6.45, 7) is 2.01. The molecule has 0 bridgehead atoms. The third kappa shape index (κ3) is 1.80. The maximum absolute atomic E-state index is 12.3. The highest BCUT2D eigenvalue weighted by Gasteiger charge is 2.48. The molecular formula is C13H17N3O2. The van der Waals surface area contributed by atoms with E-state index in [1.165, 1.54) is 5.01 Å². The van der Waals surface area contributed by atoms with E-state index < -0.39 is 12.0 Å². The number of nitrogens with one attached hydrogen (secondary N) is 2. The first-order chi connectivity index (χ1) is 8.66. The molecule has 2 aliphatic heterocycles. The Balaban J connectivity index is 1.87. The van der Waals surface area contributed by atoms with Crippen molar-refractivity contribution in [2.24, 2.45) is 5.92 Å². The fourth-order valence-corrected chi connectivity index (χ4v) is 2.76. The quantitative estimate of drug-likeness (QED) is 0.664. The van der Waals surface area contributed by atoms with Crippen molar-refractivity contribution in [1.29, 1.82) is 0 Å². The van der Waals surface area contributed by atoms with Gasteiger partial charge in [0.2, 0.25) is 5.91 Å². The van der Waals surface area contributed by atoms with Gasteiger partial charge in [-0.25, -0.2) is 10.4 Å². The average Bonchev–Trinajstić information content (AvgIpc) is 2.67. The number of piperidine rings is 1. The summed E-state index contributed by atoms with van der Waals surface area (Å²) in [6, 6.07) is 9.64. The average molecular weight is 247 g/mol. The van der Waals surface area contributed by atoms with Gasteiger partial charge in [0, 0.05) is 6.04 Å². The van der Waals surface area contributed by atoms with Crippen molar-refractivity contribution in [1.82, 2.24) is 10.7 Å². The van der Waals surface area contributed by atoms with Crippen LogP contribution < -0.4 is 15.8 Å². The van der Waals surface area contributed by atoms with Crippen LogP contribution in [-0.2, 0) is 4.79 Å². The number of carbonyl (C=O) groups is 1. The Morgan fingerprint density at radius 3 is 2.78 bits per heavy atom. The van der Waals surface area contributed by atoms with E-state index in [-0.39, 0.29) is 18.1 Å². The molecule has 3 N–H and O–H groups in total. The number of para-hydroxylation sites is 1. The molecule has 0 radical (unpaired) electrons. The molecular weight excluding hydrogens is 230 g/mol. The second-order valence-corrected chi connectivity index (χ2v) is 5.01. The molecule has 5 heteroatoms. The van der Waals surface area contributed by atoms with Gasteiger partial charge in [-0.2, -0.15) is 0 Å². The molecule has 0 aliphatic carbocycles. The Bertz CT molecular complexity index is 451. The lowest BCUT2D eigenvalue weighted by Gasteiger charge is -2.32. The van der Waals surface area contributed by atoms with Crippen molar-refractivity contribution in [2.75, 3.05) is 5.01 Å². The third-order valence-electron chi connectivity index (χ3n) is 3.62. The van der Waals surface area contributed by atoms with E-state index >= 15 is 0 Å². The lowest BCUT2D eigenvalue weighted by atomic mass is 9.90. The summed E-state index contributed by atoms with van der Waals surface area (Å²) in [5, 5.41) is 14.9. The van der Waals surface area contributed by atoms with E-state index in [1.807, 2.05) is 37.3 Å². The monoisotopic (exact) mass is 247 g/mol. The molecule has 2 saturated heterocycles. The summed E-state index contributed by atoms with van der Waals surface area (Å²) in [5.74, 6) is -0.473. The molecule has 1 aromatic rings. The van der Waals surface area contributed by atoms with Gasteiger partial charge >= 0.3 is 0 Å². The number of amides is 1. The summed E-state index contributed by atoms with van der Waals surface area (Å²) in [7, 11) is 0. The maximum Gasteiger partial charge on any atom is 0.250 e. The summed E-state index contributed by atoms with van der Waals surface area (Å²) in [5.41, 5.74) is 3.94. The molecule has 0 aromatic heterocycles. The fraction of sp³-hybridized carbons (Fsp3) is 0.462. The highest BCUT2D eigenvalue weighted by atomic mass is 16.3. The first-order valence-corrected chi connectivity index (χ1v) is 6.26. The van der Waals surface area contributed by atoms with Gasteiger partial charge in [0.1, 0.15) is 0 Å². The number of benzene rings is 1. The minimum Gasteiger partial charge on any atom is -0.392 e. The summed E-state index contributed by atoms with van der Waals surface area (Å²) in [6.07, 6.45) is -0.159. The Morgan fingerprint density at radius 1 is 1.33 bits per heavy atom. The summed E-state index contributed by atoms with van der Waals surface area (Å²) < 4.78 is 0. The fourth-order valence-electron chi connectivity index (χ4n) is 2.76. The van der Waals surface area contributed by atoms with Gasteiger partial charge < -0.3 is 5.11 Å². The minimum absolute atomic E-state index is 0.0712. The Labute approximate surface area is 106 Å². The minimum atomic E-state index is -0.583. The highest BCUT2D eigenvalue weighted by molar-refractivity contribution is 5.97. The van der Waals surface area contributed by atoms with Gasteiger partial charge in [-0.1, -0.05) is 18.2 Å². The third-order valence-corrected chi connectivity index (χ3v) is 3.62. The van der Waals surface area contributed by atoms with Crippen LogP contribution in [0.15, 0.2) is 30.3 Å². The van der Waals surface area contributed by atoms with Gasteiger partial charge in [-0.15, -0.1) is 0 Å². The number of hydrogen-bond acceptors (Lipinski definition) is 4. The molecule has 96 valence electrons. The van der Waals surface area contributed by atoms with Crippen molar-refractivity contribution >= 4 is 11.6 Å². The second kappa shape index (κ2) is 4.35. The number of aliphatic hydroxyl groups excluding tert-OH is 1. The van der Waals surface area contributed by atoms with Crippen LogP contribution in [-0.4, -0.2) is 29.3 Å². The van der Waals surface area contributed by atoms with Crippen LogP contribution >= 0.6 is 0 Å². The van der Waals surface area contributed by atoms with E-state index in [4.69, 9.17) is 0 Å². The standard InChI is InChI=1S/C13H17N3O2/c1-8-7-10(17)11-12(14-8)15-16(13(11)18)9-5-3-2-4-6-9/h2-6,8,10-12,14-15,17H,7H2,1H3. The number of hydrogen-bond donors (Lipinski definition) is 3. The number of nitrogens with zero attached hydrogens (tertiary/aromatic N) is 1. The van der Waals surface area contributed by atoms with E-state index in [0.29, 0.717) is 6.42 Å². The highest BCUT2D eigenvalue weighted by Crippen LogP contribution is 2.29. The SMILES string of the molecule is CC1CC(O)C2C(=O)N(c3ccccc3)NC2N1. The molecule has 2 heterocycles. The van der Waals surface area contributed by atoms with Crippen molar-refractivity contribution in [2.45, 2.75) is 31.7 Å².